The van der Waals surface area contributed by atoms with Crippen LogP contribution >= 0.6 is 0 Å². The largest absolute Gasteiger partial charge is 0.377 e. The third-order valence-electron chi connectivity index (χ3n) is 2.39. The highest BCUT2D eigenvalue weighted by molar-refractivity contribution is 5.87. The molecule has 0 aromatic carbocycles. The molecule has 1 aliphatic heterocycles. The first-order valence-electron chi connectivity index (χ1n) is 4.94. The standard InChI is InChI=1S/C9H17N3O3/c1-6-5-15-3-2-12(6)9(14)7(10)4-8(11)13/h6-7H,2-5,10H2,1H3,(H2,11,13). The van der Waals surface area contributed by atoms with Crippen molar-refractivity contribution in [2.75, 3.05) is 19.8 Å². The summed E-state index contributed by atoms with van der Waals surface area (Å²) in [5.41, 5.74) is 10.6. The minimum Gasteiger partial charge on any atom is -0.377 e. The molecule has 0 aromatic heterocycles. The number of amides is 2. The minimum atomic E-state index is -0.831. The number of nitrogens with two attached hydrogens (primary N) is 2. The molecule has 2 unspecified atom stereocenters. The summed E-state index contributed by atoms with van der Waals surface area (Å²) in [4.78, 5) is 24.0. The highest BCUT2D eigenvalue weighted by Gasteiger charge is 2.28. The molecule has 0 spiro atoms. The van der Waals surface area contributed by atoms with Crippen molar-refractivity contribution in [1.29, 1.82) is 0 Å². The van der Waals surface area contributed by atoms with Gasteiger partial charge in [0, 0.05) is 6.54 Å². The van der Waals surface area contributed by atoms with Crippen LogP contribution in [0.5, 0.6) is 0 Å². The van der Waals surface area contributed by atoms with Crippen LogP contribution in [0.1, 0.15) is 13.3 Å². The molecule has 0 radical (unpaired) electrons. The van der Waals surface area contributed by atoms with Gasteiger partial charge in [-0.2, -0.15) is 0 Å². The predicted octanol–water partition coefficient (Wildman–Crippen LogP) is -1.56. The molecule has 15 heavy (non-hydrogen) atoms. The van der Waals surface area contributed by atoms with E-state index in [9.17, 15) is 9.59 Å². The van der Waals surface area contributed by atoms with Gasteiger partial charge in [0.15, 0.2) is 0 Å². The zero-order valence-corrected chi connectivity index (χ0v) is 8.81. The van der Waals surface area contributed by atoms with E-state index >= 15 is 0 Å². The molecular weight excluding hydrogens is 198 g/mol. The van der Waals surface area contributed by atoms with Crippen molar-refractivity contribution < 1.29 is 14.3 Å². The monoisotopic (exact) mass is 215 g/mol. The Kier molecular flexibility index (Phi) is 4.05. The van der Waals surface area contributed by atoms with Gasteiger partial charge >= 0.3 is 0 Å². The van der Waals surface area contributed by atoms with Crippen molar-refractivity contribution in [1.82, 2.24) is 4.90 Å². The van der Waals surface area contributed by atoms with Gasteiger partial charge in [-0.05, 0) is 6.92 Å². The number of ether oxygens (including phenoxy) is 1. The lowest BCUT2D eigenvalue weighted by Crippen LogP contribution is -2.53. The first-order chi connectivity index (χ1) is 7.02. The van der Waals surface area contributed by atoms with E-state index < -0.39 is 11.9 Å². The second-order valence-corrected chi connectivity index (χ2v) is 3.73. The smallest absolute Gasteiger partial charge is 0.240 e. The normalized spacial score (nSPS) is 23.6. The van der Waals surface area contributed by atoms with Gasteiger partial charge in [-0.15, -0.1) is 0 Å². The lowest BCUT2D eigenvalue weighted by atomic mass is 10.1. The van der Waals surface area contributed by atoms with E-state index in [4.69, 9.17) is 16.2 Å². The van der Waals surface area contributed by atoms with Crippen LogP contribution in [-0.4, -0.2) is 48.6 Å². The Morgan fingerprint density at radius 3 is 2.80 bits per heavy atom. The fourth-order valence-electron chi connectivity index (χ4n) is 1.57. The Morgan fingerprint density at radius 1 is 1.60 bits per heavy atom. The van der Waals surface area contributed by atoms with Gasteiger partial charge in [-0.25, -0.2) is 0 Å². The van der Waals surface area contributed by atoms with E-state index in [1.165, 1.54) is 0 Å². The van der Waals surface area contributed by atoms with Crippen LogP contribution < -0.4 is 11.5 Å². The SMILES string of the molecule is CC1COCCN1C(=O)C(N)CC(N)=O. The molecule has 0 aromatic rings. The fourth-order valence-corrected chi connectivity index (χ4v) is 1.57. The Bertz CT molecular complexity index is 257. The van der Waals surface area contributed by atoms with Crippen LogP contribution in [0.4, 0.5) is 0 Å². The van der Waals surface area contributed by atoms with Gasteiger partial charge in [0.25, 0.3) is 0 Å². The number of nitrogens with zero attached hydrogens (tertiary/aromatic N) is 1. The minimum absolute atomic E-state index is 0.00479. The Morgan fingerprint density at radius 2 is 2.27 bits per heavy atom. The summed E-state index contributed by atoms with van der Waals surface area (Å²) < 4.78 is 5.20. The van der Waals surface area contributed by atoms with Crippen molar-refractivity contribution >= 4 is 11.8 Å². The number of rotatable bonds is 3. The van der Waals surface area contributed by atoms with Crippen LogP contribution in [0.2, 0.25) is 0 Å². The lowest BCUT2D eigenvalue weighted by molar-refractivity contribution is -0.141. The van der Waals surface area contributed by atoms with Crippen LogP contribution in [0.3, 0.4) is 0 Å². The molecule has 1 heterocycles. The average molecular weight is 215 g/mol. The summed E-state index contributed by atoms with van der Waals surface area (Å²) in [5, 5.41) is 0. The van der Waals surface area contributed by atoms with Gasteiger partial charge in [0.1, 0.15) is 0 Å². The topological polar surface area (TPSA) is 98.7 Å². The first kappa shape index (κ1) is 11.9. The maximum atomic E-state index is 11.8. The van der Waals surface area contributed by atoms with Crippen molar-refractivity contribution in [2.24, 2.45) is 11.5 Å². The quantitative estimate of drug-likeness (QED) is 0.594. The molecule has 2 atom stereocenters. The summed E-state index contributed by atoms with van der Waals surface area (Å²) in [6.07, 6.45) is -0.108. The fraction of sp³-hybridized carbons (Fsp3) is 0.778. The van der Waals surface area contributed by atoms with E-state index in [0.717, 1.165) is 0 Å². The zero-order chi connectivity index (χ0) is 11.4. The van der Waals surface area contributed by atoms with E-state index in [-0.39, 0.29) is 18.4 Å². The summed E-state index contributed by atoms with van der Waals surface area (Å²) in [5.74, 6) is -0.790. The molecule has 1 saturated heterocycles. The molecule has 6 heteroatoms. The van der Waals surface area contributed by atoms with Gasteiger partial charge in [-0.3, -0.25) is 9.59 Å². The Hall–Kier alpha value is -1.14. The van der Waals surface area contributed by atoms with Crippen LogP contribution in [-0.2, 0) is 14.3 Å². The number of morpholine rings is 1. The molecule has 4 N–H and O–H groups in total. The number of hydrogen-bond acceptors (Lipinski definition) is 4. The molecule has 86 valence electrons. The van der Waals surface area contributed by atoms with Gasteiger partial charge in [-0.1, -0.05) is 0 Å². The molecule has 2 amide bonds. The number of primary amides is 1. The molecule has 6 nitrogen and oxygen atoms in total. The van der Waals surface area contributed by atoms with E-state index in [1.54, 1.807) is 4.90 Å². The summed E-state index contributed by atoms with van der Waals surface area (Å²) >= 11 is 0. The predicted molar refractivity (Wildman–Crippen MR) is 53.8 cm³/mol. The number of hydrogen-bond donors (Lipinski definition) is 2. The van der Waals surface area contributed by atoms with E-state index in [1.807, 2.05) is 6.92 Å². The van der Waals surface area contributed by atoms with E-state index in [2.05, 4.69) is 0 Å². The molecular formula is C9H17N3O3. The molecule has 0 saturated carbocycles. The first-order valence-corrected chi connectivity index (χ1v) is 4.94. The second-order valence-electron chi connectivity index (χ2n) is 3.73. The average Bonchev–Trinajstić information content (AvgIpc) is 2.16. The van der Waals surface area contributed by atoms with Crippen LogP contribution in [0, 0.1) is 0 Å². The maximum absolute atomic E-state index is 11.8. The maximum Gasteiger partial charge on any atom is 0.240 e. The third-order valence-corrected chi connectivity index (χ3v) is 2.39. The zero-order valence-electron chi connectivity index (χ0n) is 8.81. The molecule has 1 aliphatic rings. The highest BCUT2D eigenvalue weighted by Crippen LogP contribution is 2.08. The second kappa shape index (κ2) is 5.09. The van der Waals surface area contributed by atoms with Crippen LogP contribution in [0.25, 0.3) is 0 Å². The van der Waals surface area contributed by atoms with Gasteiger partial charge in [0.05, 0.1) is 31.7 Å². The Balaban J connectivity index is 2.54. The summed E-state index contributed by atoms with van der Waals surface area (Å²) in [6.45, 7) is 3.43. The van der Waals surface area contributed by atoms with Crippen molar-refractivity contribution in [3.05, 3.63) is 0 Å². The number of carbonyl (C=O) groups excluding carboxylic acids is 2. The third kappa shape index (κ3) is 3.17. The summed E-state index contributed by atoms with van der Waals surface area (Å²) in [6, 6.07) is -0.826. The van der Waals surface area contributed by atoms with E-state index in [0.29, 0.717) is 19.8 Å². The lowest BCUT2D eigenvalue weighted by Gasteiger charge is -2.34. The Labute approximate surface area is 88.5 Å². The van der Waals surface area contributed by atoms with Crippen molar-refractivity contribution in [2.45, 2.75) is 25.4 Å². The highest BCUT2D eigenvalue weighted by atomic mass is 16.5. The van der Waals surface area contributed by atoms with Crippen molar-refractivity contribution in [3.63, 3.8) is 0 Å². The molecule has 0 aliphatic carbocycles. The van der Waals surface area contributed by atoms with Crippen molar-refractivity contribution in [3.8, 4) is 0 Å². The summed E-state index contributed by atoms with van der Waals surface area (Å²) in [7, 11) is 0. The molecule has 0 bridgehead atoms. The van der Waals surface area contributed by atoms with Crippen LogP contribution in [0.15, 0.2) is 0 Å². The molecule has 1 rings (SSSR count). The molecule has 1 fully saturated rings. The number of carbonyl (C=O) groups is 2. The van der Waals surface area contributed by atoms with Gasteiger partial charge in [0.2, 0.25) is 11.8 Å². The van der Waals surface area contributed by atoms with Gasteiger partial charge < -0.3 is 21.1 Å².